The van der Waals surface area contributed by atoms with Gasteiger partial charge in [-0.15, -0.1) is 24.0 Å². The maximum Gasteiger partial charge on any atom is 0.191 e. The van der Waals surface area contributed by atoms with Gasteiger partial charge in [0.1, 0.15) is 11.4 Å². The molecule has 0 amide bonds. The Hall–Kier alpha value is -1.03. The Morgan fingerprint density at radius 2 is 2.12 bits per heavy atom. The zero-order chi connectivity index (χ0) is 18.3. The molecular weight excluding hydrogens is 485 g/mol. The number of methoxy groups -OCH3 is 1. The van der Waals surface area contributed by atoms with Crippen LogP contribution in [0.3, 0.4) is 0 Å². The summed E-state index contributed by atoms with van der Waals surface area (Å²) in [6, 6.07) is 7.41. The van der Waals surface area contributed by atoms with E-state index in [1.165, 1.54) is 0 Å². The fraction of sp³-hybridized carbons (Fsp3) is 0.389. The summed E-state index contributed by atoms with van der Waals surface area (Å²) in [5.74, 6) is 1.34. The molecule has 26 heavy (non-hydrogen) atoms. The molecule has 0 fully saturated rings. The van der Waals surface area contributed by atoms with Gasteiger partial charge in [0.05, 0.1) is 20.2 Å². The Bertz CT molecular complexity index is 708. The highest BCUT2D eigenvalue weighted by Gasteiger charge is 2.23. The van der Waals surface area contributed by atoms with Crippen LogP contribution < -0.4 is 15.4 Å². The second-order valence-corrected chi connectivity index (χ2v) is 7.01. The molecule has 144 valence electrons. The number of halogens is 2. The number of rotatable bonds is 7. The SMILES string of the molecule is CCNC(=NCc1ccc(Cl)cc1OC)NCC(C)(O)c1ccsc1.I. The van der Waals surface area contributed by atoms with Crippen LogP contribution in [0.4, 0.5) is 0 Å². The molecule has 8 heteroatoms. The van der Waals surface area contributed by atoms with Crippen molar-refractivity contribution >= 4 is 52.9 Å². The summed E-state index contributed by atoms with van der Waals surface area (Å²) in [5, 5.41) is 21.5. The van der Waals surface area contributed by atoms with Crippen molar-refractivity contribution < 1.29 is 9.84 Å². The predicted molar refractivity (Wildman–Crippen MR) is 120 cm³/mol. The van der Waals surface area contributed by atoms with E-state index in [1.54, 1.807) is 31.4 Å². The molecule has 0 saturated heterocycles. The maximum absolute atomic E-state index is 10.6. The van der Waals surface area contributed by atoms with E-state index in [2.05, 4.69) is 15.6 Å². The van der Waals surface area contributed by atoms with Crippen LogP contribution in [0.1, 0.15) is 25.0 Å². The van der Waals surface area contributed by atoms with E-state index in [1.807, 2.05) is 35.9 Å². The van der Waals surface area contributed by atoms with Gasteiger partial charge in [0, 0.05) is 17.1 Å². The molecule has 0 spiro atoms. The van der Waals surface area contributed by atoms with Gasteiger partial charge in [-0.25, -0.2) is 4.99 Å². The summed E-state index contributed by atoms with van der Waals surface area (Å²) in [5.41, 5.74) is 0.864. The van der Waals surface area contributed by atoms with Crippen LogP contribution in [0.25, 0.3) is 0 Å². The van der Waals surface area contributed by atoms with Gasteiger partial charge in [-0.3, -0.25) is 0 Å². The van der Waals surface area contributed by atoms with Crippen molar-refractivity contribution in [2.24, 2.45) is 4.99 Å². The number of aliphatic imine (C=N–C) groups is 1. The minimum Gasteiger partial charge on any atom is -0.496 e. The third-order valence-corrected chi connectivity index (χ3v) is 4.66. The third-order valence-electron chi connectivity index (χ3n) is 3.74. The number of benzene rings is 1. The van der Waals surface area contributed by atoms with E-state index >= 15 is 0 Å². The summed E-state index contributed by atoms with van der Waals surface area (Å²) in [6.07, 6.45) is 0. The van der Waals surface area contributed by atoms with Crippen molar-refractivity contribution in [3.8, 4) is 5.75 Å². The molecule has 0 bridgehead atoms. The lowest BCUT2D eigenvalue weighted by atomic mass is 9.99. The van der Waals surface area contributed by atoms with Crippen LogP contribution in [-0.2, 0) is 12.1 Å². The Balaban J connectivity index is 0.00000338. The monoisotopic (exact) mass is 509 g/mol. The van der Waals surface area contributed by atoms with E-state index in [4.69, 9.17) is 16.3 Å². The first-order valence-electron chi connectivity index (χ1n) is 8.06. The molecule has 1 atom stereocenters. The van der Waals surface area contributed by atoms with Gasteiger partial charge < -0.3 is 20.5 Å². The van der Waals surface area contributed by atoms with Crippen LogP contribution in [0.2, 0.25) is 5.02 Å². The standard InChI is InChI=1S/C18H24ClN3O2S.HI/c1-4-20-17(22-12-18(2,23)14-7-8-25-11-14)21-10-13-5-6-15(19)9-16(13)24-3;/h5-9,11,23H,4,10,12H2,1-3H3,(H2,20,21,22);1H. The van der Waals surface area contributed by atoms with Crippen molar-refractivity contribution in [3.63, 3.8) is 0 Å². The first-order chi connectivity index (χ1) is 12.0. The van der Waals surface area contributed by atoms with E-state index in [0.29, 0.717) is 29.8 Å². The second-order valence-electron chi connectivity index (χ2n) is 5.79. The lowest BCUT2D eigenvalue weighted by Crippen LogP contribution is -2.44. The van der Waals surface area contributed by atoms with E-state index in [9.17, 15) is 5.11 Å². The average Bonchev–Trinajstić information content (AvgIpc) is 3.13. The number of hydrogen-bond donors (Lipinski definition) is 3. The molecule has 1 aromatic carbocycles. The van der Waals surface area contributed by atoms with Crippen molar-refractivity contribution in [2.45, 2.75) is 26.0 Å². The molecule has 3 N–H and O–H groups in total. The second kappa shape index (κ2) is 11.0. The molecule has 0 radical (unpaired) electrons. The number of hydrogen-bond acceptors (Lipinski definition) is 4. The Labute approximate surface area is 180 Å². The number of nitrogens with zero attached hydrogens (tertiary/aromatic N) is 1. The maximum atomic E-state index is 10.6. The van der Waals surface area contributed by atoms with E-state index < -0.39 is 5.60 Å². The highest BCUT2D eigenvalue weighted by molar-refractivity contribution is 14.0. The van der Waals surface area contributed by atoms with Crippen LogP contribution in [0.15, 0.2) is 40.0 Å². The minimum atomic E-state index is -0.964. The van der Waals surface area contributed by atoms with Gasteiger partial charge in [0.25, 0.3) is 0 Å². The number of aliphatic hydroxyl groups is 1. The van der Waals surface area contributed by atoms with Crippen molar-refractivity contribution in [2.75, 3.05) is 20.2 Å². The first-order valence-corrected chi connectivity index (χ1v) is 9.38. The molecule has 0 saturated carbocycles. The lowest BCUT2D eigenvalue weighted by Gasteiger charge is -2.24. The van der Waals surface area contributed by atoms with Gasteiger partial charge in [-0.2, -0.15) is 11.3 Å². The lowest BCUT2D eigenvalue weighted by molar-refractivity contribution is 0.0621. The highest BCUT2D eigenvalue weighted by atomic mass is 127. The molecule has 0 aliphatic carbocycles. The fourth-order valence-corrected chi connectivity index (χ4v) is 3.23. The van der Waals surface area contributed by atoms with Crippen molar-refractivity contribution in [3.05, 3.63) is 51.2 Å². The zero-order valence-corrected chi connectivity index (χ0v) is 19.0. The van der Waals surface area contributed by atoms with Crippen molar-refractivity contribution in [1.82, 2.24) is 10.6 Å². The largest absolute Gasteiger partial charge is 0.496 e. The van der Waals surface area contributed by atoms with Gasteiger partial charge in [-0.05, 0) is 48.4 Å². The van der Waals surface area contributed by atoms with E-state index in [0.717, 1.165) is 17.7 Å². The molecule has 1 unspecified atom stereocenters. The van der Waals surface area contributed by atoms with Gasteiger partial charge in [0.15, 0.2) is 5.96 Å². The summed E-state index contributed by atoms with van der Waals surface area (Å²) < 4.78 is 5.35. The number of ether oxygens (including phenoxy) is 1. The van der Waals surface area contributed by atoms with Crippen LogP contribution >= 0.6 is 46.9 Å². The van der Waals surface area contributed by atoms with Crippen LogP contribution in [-0.4, -0.2) is 31.3 Å². The molecule has 1 aromatic heterocycles. The van der Waals surface area contributed by atoms with Gasteiger partial charge in [-0.1, -0.05) is 17.7 Å². The highest BCUT2D eigenvalue weighted by Crippen LogP contribution is 2.24. The summed E-state index contributed by atoms with van der Waals surface area (Å²) >= 11 is 7.55. The predicted octanol–water partition coefficient (Wildman–Crippen LogP) is 3.99. The molecule has 5 nitrogen and oxygen atoms in total. The molecule has 1 heterocycles. The topological polar surface area (TPSA) is 65.9 Å². The smallest absolute Gasteiger partial charge is 0.191 e. The number of thiophene rings is 1. The Morgan fingerprint density at radius 1 is 1.35 bits per heavy atom. The molecule has 0 aliphatic heterocycles. The summed E-state index contributed by atoms with van der Waals surface area (Å²) in [4.78, 5) is 4.57. The van der Waals surface area contributed by atoms with Gasteiger partial charge >= 0.3 is 0 Å². The van der Waals surface area contributed by atoms with Gasteiger partial charge in [0.2, 0.25) is 0 Å². The Kier molecular flexibility index (Phi) is 9.70. The average molecular weight is 510 g/mol. The quantitative estimate of drug-likeness (QED) is 0.300. The molecule has 2 aromatic rings. The summed E-state index contributed by atoms with van der Waals surface area (Å²) in [6.45, 7) is 5.30. The molecular formula is C18H25ClIN3O2S. The van der Waals surface area contributed by atoms with Crippen LogP contribution in [0, 0.1) is 0 Å². The zero-order valence-electron chi connectivity index (χ0n) is 15.1. The number of nitrogens with one attached hydrogen (secondary N) is 2. The molecule has 2 rings (SSSR count). The summed E-state index contributed by atoms with van der Waals surface area (Å²) in [7, 11) is 1.61. The number of guanidine groups is 1. The van der Waals surface area contributed by atoms with Crippen molar-refractivity contribution in [1.29, 1.82) is 0 Å². The normalized spacial score (nSPS) is 13.5. The molecule has 0 aliphatic rings. The van der Waals surface area contributed by atoms with E-state index in [-0.39, 0.29) is 24.0 Å². The van der Waals surface area contributed by atoms with Crippen LogP contribution in [0.5, 0.6) is 5.75 Å². The Morgan fingerprint density at radius 3 is 2.73 bits per heavy atom. The first kappa shape index (κ1) is 23.0. The fourth-order valence-electron chi connectivity index (χ4n) is 2.28. The minimum absolute atomic E-state index is 0. The third kappa shape index (κ3) is 6.61.